The van der Waals surface area contributed by atoms with Crippen LogP contribution in [0.2, 0.25) is 10.0 Å². The number of hydrogen-bond acceptors (Lipinski definition) is 10. The summed E-state index contributed by atoms with van der Waals surface area (Å²) < 4.78 is 22.8. The third-order valence-electron chi connectivity index (χ3n) is 7.62. The zero-order valence-corrected chi connectivity index (χ0v) is 29.5. The zero-order chi connectivity index (χ0) is 35.5. The third-order valence-corrected chi connectivity index (χ3v) is 8.21. The molecule has 3 aromatic rings. The van der Waals surface area contributed by atoms with Gasteiger partial charge in [-0.3, -0.25) is 5.43 Å². The van der Waals surface area contributed by atoms with Gasteiger partial charge in [0.2, 0.25) is 0 Å². The van der Waals surface area contributed by atoms with Gasteiger partial charge in [-0.05, 0) is 69.7 Å². The van der Waals surface area contributed by atoms with Gasteiger partial charge in [-0.25, -0.2) is 9.59 Å². The molecule has 3 aromatic carbocycles. The number of nitrogens with one attached hydrogen (secondary N) is 3. The number of carbonyl (C=O) groups excluding carboxylic acids is 2. The van der Waals surface area contributed by atoms with Crippen molar-refractivity contribution in [2.24, 2.45) is 5.10 Å². The van der Waals surface area contributed by atoms with Crippen LogP contribution in [0.1, 0.15) is 50.4 Å². The van der Waals surface area contributed by atoms with Crippen LogP contribution in [0, 0.1) is 0 Å². The van der Waals surface area contributed by atoms with Crippen molar-refractivity contribution in [3.8, 4) is 17.2 Å². The number of hydrogen-bond donors (Lipinski definition) is 4. The van der Waals surface area contributed by atoms with E-state index in [1.807, 2.05) is 31.2 Å². The largest absolute Gasteiger partial charge is 0.490 e. The van der Waals surface area contributed by atoms with E-state index in [0.29, 0.717) is 50.7 Å². The molecule has 0 unspecified atom stereocenters. The highest BCUT2D eigenvalue weighted by atomic mass is 35.5. The van der Waals surface area contributed by atoms with E-state index in [4.69, 9.17) is 42.1 Å². The van der Waals surface area contributed by atoms with Crippen LogP contribution in [0.4, 0.5) is 10.5 Å². The van der Waals surface area contributed by atoms with Crippen LogP contribution in [0.25, 0.3) is 0 Å². The van der Waals surface area contributed by atoms with Crippen molar-refractivity contribution < 1.29 is 33.6 Å². The number of amides is 2. The molecule has 2 atom stereocenters. The van der Waals surface area contributed by atoms with Gasteiger partial charge in [0.15, 0.2) is 17.7 Å². The van der Waals surface area contributed by atoms with Crippen LogP contribution in [0.5, 0.6) is 17.2 Å². The summed E-state index contributed by atoms with van der Waals surface area (Å²) in [6, 6.07) is 14.8. The van der Waals surface area contributed by atoms with Gasteiger partial charge in [-0.1, -0.05) is 35.3 Å². The first-order valence-electron chi connectivity index (χ1n) is 15.8. The normalized spacial score (nSPS) is 14.9. The Kier molecular flexibility index (Phi) is 13.4. The van der Waals surface area contributed by atoms with Gasteiger partial charge >= 0.3 is 12.0 Å². The van der Waals surface area contributed by atoms with E-state index in [9.17, 15) is 14.7 Å². The Morgan fingerprint density at radius 2 is 1.80 bits per heavy atom. The monoisotopic (exact) mass is 713 g/mol. The van der Waals surface area contributed by atoms with Gasteiger partial charge in [0.1, 0.15) is 19.0 Å². The molecule has 0 saturated heterocycles. The summed E-state index contributed by atoms with van der Waals surface area (Å²) in [5, 5.41) is 21.3. The van der Waals surface area contributed by atoms with E-state index < -0.39 is 24.3 Å². The van der Waals surface area contributed by atoms with E-state index in [1.165, 1.54) is 7.11 Å². The maximum atomic E-state index is 12.5. The summed E-state index contributed by atoms with van der Waals surface area (Å²) in [5.41, 5.74) is 6.36. The quantitative estimate of drug-likeness (QED) is 0.0614. The highest BCUT2D eigenvalue weighted by Gasteiger charge is 2.32. The summed E-state index contributed by atoms with van der Waals surface area (Å²) in [5.74, 6) is 0.715. The van der Waals surface area contributed by atoms with Gasteiger partial charge in [0, 0.05) is 51.7 Å². The molecule has 0 aliphatic carbocycles. The second kappa shape index (κ2) is 17.7. The van der Waals surface area contributed by atoms with Crippen LogP contribution in [-0.4, -0.2) is 63.0 Å². The number of anilines is 1. The van der Waals surface area contributed by atoms with Gasteiger partial charge in [0.05, 0.1) is 31.5 Å². The second-order valence-electron chi connectivity index (χ2n) is 10.8. The Labute approximate surface area is 296 Å². The van der Waals surface area contributed by atoms with Crippen molar-refractivity contribution in [3.63, 3.8) is 0 Å². The second-order valence-corrected chi connectivity index (χ2v) is 11.7. The molecule has 0 spiro atoms. The summed E-state index contributed by atoms with van der Waals surface area (Å²) in [6.07, 6.45) is 0.369. The molecule has 1 aliphatic heterocycles. The molecule has 0 saturated carbocycles. The third kappa shape index (κ3) is 9.71. The molecule has 12 nitrogen and oxygen atoms in total. The molecule has 0 radical (unpaired) electrons. The number of methoxy groups -OCH3 is 1. The van der Waals surface area contributed by atoms with Gasteiger partial charge < -0.3 is 39.6 Å². The van der Waals surface area contributed by atoms with Crippen LogP contribution in [-0.2, 0) is 16.1 Å². The van der Waals surface area contributed by atoms with Crippen LogP contribution in [0.3, 0.4) is 0 Å². The molecule has 262 valence electrons. The molecule has 1 aliphatic rings. The fourth-order valence-electron chi connectivity index (χ4n) is 5.15. The Hall–Kier alpha value is -4.65. The fraction of sp³-hybridized carbons (Fsp3) is 0.343. The number of allylic oxidation sites excluding steroid dienone is 1. The van der Waals surface area contributed by atoms with Crippen molar-refractivity contribution in [2.45, 2.75) is 46.6 Å². The molecular weight excluding hydrogens is 673 g/mol. The molecular formula is C35H41Cl2N5O7. The molecule has 0 aromatic heterocycles. The average molecular weight is 715 g/mol. The summed E-state index contributed by atoms with van der Waals surface area (Å²) >= 11 is 12.4. The molecule has 0 bridgehead atoms. The highest BCUT2D eigenvalue weighted by molar-refractivity contribution is 6.35. The molecule has 2 amide bonds. The Bertz CT molecular complexity index is 1700. The van der Waals surface area contributed by atoms with Crippen molar-refractivity contribution >= 4 is 47.1 Å². The number of hydrazone groups is 1. The average Bonchev–Trinajstić information content (AvgIpc) is 3.08. The summed E-state index contributed by atoms with van der Waals surface area (Å²) in [7, 11) is 1.27. The summed E-state index contributed by atoms with van der Waals surface area (Å²) in [4.78, 5) is 26.9. The lowest BCUT2D eigenvalue weighted by Crippen LogP contribution is -2.45. The molecule has 14 heteroatoms. The van der Waals surface area contributed by atoms with Gasteiger partial charge in [-0.15, -0.1) is 0 Å². The van der Waals surface area contributed by atoms with Gasteiger partial charge in [-0.2, -0.15) is 5.10 Å². The molecule has 0 fully saturated rings. The molecule has 1 heterocycles. The van der Waals surface area contributed by atoms with Gasteiger partial charge in [0.25, 0.3) is 0 Å². The predicted molar refractivity (Wildman–Crippen MR) is 190 cm³/mol. The lowest BCUT2D eigenvalue weighted by atomic mass is 9.95. The van der Waals surface area contributed by atoms with Crippen molar-refractivity contribution in [1.29, 1.82) is 0 Å². The van der Waals surface area contributed by atoms with E-state index in [2.05, 4.69) is 39.9 Å². The molecule has 49 heavy (non-hydrogen) atoms. The van der Waals surface area contributed by atoms with E-state index >= 15 is 0 Å². The van der Waals surface area contributed by atoms with Crippen LogP contribution < -0.4 is 35.2 Å². The first kappa shape index (κ1) is 37.2. The lowest BCUT2D eigenvalue weighted by Gasteiger charge is -2.28. The van der Waals surface area contributed by atoms with Crippen molar-refractivity contribution in [1.82, 2.24) is 16.1 Å². The van der Waals surface area contributed by atoms with E-state index in [-0.39, 0.29) is 18.8 Å². The number of rotatable bonds is 16. The molecule has 4 rings (SSSR count). The standard InChI is InChI=1S/C35H41Cl2N5O7/c1-6-42(7-2)26-13-10-23(29(17-26)48-19-24-9-12-25(36)16-27(24)37)18-38-41-31(43)20-49-28-14-11-22(15-30(28)47-8-3)33-32(34(44)46-5)21(4)39-35(45)40-33/h9-18,31,33,41,43H,6-8,19-20H2,1-5H3,(H2,39,40,45)/b38-18+/t31-,33+/m0/s1. The van der Waals surface area contributed by atoms with E-state index in [1.54, 1.807) is 43.5 Å². The number of ether oxygens (including phenoxy) is 4. The maximum absolute atomic E-state index is 12.5. The number of aliphatic hydroxyl groups is 1. The number of urea groups is 1. The van der Waals surface area contributed by atoms with E-state index in [0.717, 1.165) is 24.3 Å². The number of esters is 1. The number of carbonyl (C=O) groups is 2. The minimum absolute atomic E-state index is 0.174. The predicted octanol–water partition coefficient (Wildman–Crippen LogP) is 5.94. The smallest absolute Gasteiger partial charge is 0.337 e. The fourth-order valence-corrected chi connectivity index (χ4v) is 5.61. The highest BCUT2D eigenvalue weighted by Crippen LogP contribution is 2.35. The Morgan fingerprint density at radius 3 is 2.49 bits per heavy atom. The number of benzene rings is 3. The Balaban J connectivity index is 1.45. The van der Waals surface area contributed by atoms with Crippen LogP contribution in [0.15, 0.2) is 71.0 Å². The number of nitrogens with zero attached hydrogens (tertiary/aromatic N) is 2. The topological polar surface area (TPSA) is 143 Å². The minimum atomic E-state index is -1.18. The first-order chi connectivity index (χ1) is 23.6. The lowest BCUT2D eigenvalue weighted by molar-refractivity contribution is -0.136. The zero-order valence-electron chi connectivity index (χ0n) is 28.0. The summed E-state index contributed by atoms with van der Waals surface area (Å²) in [6.45, 7) is 9.62. The first-order valence-corrected chi connectivity index (χ1v) is 16.5. The number of aliphatic hydroxyl groups excluding tert-OH is 1. The SMILES string of the molecule is CCOc1cc([C@H]2NC(=O)NC(C)=C2C(=O)OC)ccc1OC[C@H](O)N/N=C/c1ccc(N(CC)CC)cc1OCc1ccc(Cl)cc1Cl. The van der Waals surface area contributed by atoms with Crippen LogP contribution >= 0.6 is 23.2 Å². The van der Waals surface area contributed by atoms with Crippen molar-refractivity contribution in [3.05, 3.63) is 92.6 Å². The maximum Gasteiger partial charge on any atom is 0.337 e. The minimum Gasteiger partial charge on any atom is -0.490 e. The van der Waals surface area contributed by atoms with Crippen molar-refractivity contribution in [2.75, 3.05) is 38.3 Å². The Morgan fingerprint density at radius 1 is 1.02 bits per heavy atom. The molecule has 4 N–H and O–H groups in total. The number of halogens is 2.